The van der Waals surface area contributed by atoms with Crippen molar-refractivity contribution in [2.75, 3.05) is 26.9 Å². The molecule has 184 valence electrons. The first kappa shape index (κ1) is 39.8. The van der Waals surface area contributed by atoms with Crippen LogP contribution in [0.1, 0.15) is 52.7 Å². The molecule has 0 saturated carbocycles. The van der Waals surface area contributed by atoms with Crippen molar-refractivity contribution >= 4 is 5.69 Å². The summed E-state index contributed by atoms with van der Waals surface area (Å²) in [5.74, 6) is 0. The second kappa shape index (κ2) is 42.4. The average molecular weight is 445 g/mol. The number of anilines is 1. The van der Waals surface area contributed by atoms with Crippen LogP contribution >= 0.6 is 0 Å². The smallest absolute Gasteiger partial charge is 0.0313 e. The molecular formula is C28H52N4. The molecule has 0 aliphatic heterocycles. The van der Waals surface area contributed by atoms with E-state index in [-0.39, 0.29) is 0 Å². The summed E-state index contributed by atoms with van der Waals surface area (Å²) >= 11 is 0. The van der Waals surface area contributed by atoms with Crippen LogP contribution in [0.2, 0.25) is 0 Å². The van der Waals surface area contributed by atoms with Gasteiger partial charge in [0.05, 0.1) is 0 Å². The molecule has 0 atom stereocenters. The number of hydrogen-bond acceptors (Lipinski definition) is 4. The van der Waals surface area contributed by atoms with Crippen LogP contribution in [-0.4, -0.2) is 21.1 Å². The molecule has 0 spiro atoms. The van der Waals surface area contributed by atoms with Crippen LogP contribution in [0, 0.1) is 0 Å². The van der Waals surface area contributed by atoms with Crippen LogP contribution in [0.4, 0.5) is 5.69 Å². The van der Waals surface area contributed by atoms with Crippen LogP contribution in [0.5, 0.6) is 0 Å². The maximum Gasteiger partial charge on any atom is 0.0313 e. The van der Waals surface area contributed by atoms with E-state index in [1.807, 2.05) is 71.9 Å². The summed E-state index contributed by atoms with van der Waals surface area (Å²) in [6, 6.07) is 30.6. The molecule has 0 amide bonds. The summed E-state index contributed by atoms with van der Waals surface area (Å²) in [5.41, 5.74) is 22.4. The predicted molar refractivity (Wildman–Crippen MR) is 151 cm³/mol. The molecule has 3 rings (SSSR count). The highest BCUT2D eigenvalue weighted by atomic mass is 14.5. The van der Waals surface area contributed by atoms with E-state index < -0.39 is 0 Å². The van der Waals surface area contributed by atoms with E-state index in [0.717, 1.165) is 12.1 Å². The number of nitrogens with two attached hydrogens (primary N) is 4. The Morgan fingerprint density at radius 2 is 0.625 bits per heavy atom. The monoisotopic (exact) mass is 444 g/mol. The van der Waals surface area contributed by atoms with Crippen molar-refractivity contribution < 1.29 is 0 Å². The first-order valence-corrected chi connectivity index (χ1v) is 11.5. The Kier molecular flexibility index (Phi) is 52.8. The highest BCUT2D eigenvalue weighted by Crippen LogP contribution is 2.07. The van der Waals surface area contributed by atoms with Crippen LogP contribution in [-0.2, 0) is 6.42 Å². The van der Waals surface area contributed by atoms with Crippen molar-refractivity contribution in [2.45, 2.75) is 48.0 Å². The Hall–Kier alpha value is -2.66. The highest BCUT2D eigenvalue weighted by molar-refractivity contribution is 5.35. The molecule has 0 saturated heterocycles. The Bertz CT molecular complexity index is 563. The summed E-state index contributed by atoms with van der Waals surface area (Å²) < 4.78 is 0. The van der Waals surface area contributed by atoms with Gasteiger partial charge in [0.25, 0.3) is 0 Å². The molecule has 0 unspecified atom stereocenters. The van der Waals surface area contributed by atoms with Gasteiger partial charge in [0.2, 0.25) is 0 Å². The maximum atomic E-state index is 5.36. The van der Waals surface area contributed by atoms with Gasteiger partial charge in [-0.25, -0.2) is 0 Å². The lowest BCUT2D eigenvalue weighted by Crippen LogP contribution is -1.85. The Balaban J connectivity index is -0.000000110. The third-order valence-corrected chi connectivity index (χ3v) is 2.89. The van der Waals surface area contributed by atoms with Gasteiger partial charge in [-0.15, -0.1) is 0 Å². The van der Waals surface area contributed by atoms with Gasteiger partial charge >= 0.3 is 0 Å². The molecule has 0 radical (unpaired) electrons. The van der Waals surface area contributed by atoms with E-state index in [2.05, 4.69) is 77.9 Å². The van der Waals surface area contributed by atoms with Gasteiger partial charge in [-0.2, -0.15) is 0 Å². The van der Waals surface area contributed by atoms with Crippen molar-refractivity contribution in [3.05, 3.63) is 102 Å². The van der Waals surface area contributed by atoms with Crippen LogP contribution in [0.3, 0.4) is 0 Å². The van der Waals surface area contributed by atoms with Crippen LogP contribution in [0.25, 0.3) is 0 Å². The molecule has 3 aromatic carbocycles. The van der Waals surface area contributed by atoms with E-state index in [1.54, 1.807) is 0 Å². The molecule has 4 nitrogen and oxygen atoms in total. The topological polar surface area (TPSA) is 104 Å². The average Bonchev–Trinajstić information content (AvgIpc) is 2.93. The number of nitrogen functional groups attached to an aromatic ring is 1. The minimum atomic E-state index is 0.822. The van der Waals surface area contributed by atoms with Crippen molar-refractivity contribution in [1.29, 1.82) is 0 Å². The number of rotatable bonds is 2. The van der Waals surface area contributed by atoms with Gasteiger partial charge < -0.3 is 22.9 Å². The van der Waals surface area contributed by atoms with Gasteiger partial charge in [0.15, 0.2) is 0 Å². The van der Waals surface area contributed by atoms with E-state index in [4.69, 9.17) is 5.73 Å². The molecule has 0 aliphatic rings. The van der Waals surface area contributed by atoms with Crippen molar-refractivity contribution in [3.8, 4) is 0 Å². The summed E-state index contributed by atoms with van der Waals surface area (Å²) in [6.07, 6.45) is 1.03. The largest absolute Gasteiger partial charge is 0.399 e. The van der Waals surface area contributed by atoms with E-state index in [9.17, 15) is 0 Å². The first-order valence-electron chi connectivity index (χ1n) is 11.5. The van der Waals surface area contributed by atoms with Crippen molar-refractivity contribution in [2.24, 2.45) is 17.2 Å². The van der Waals surface area contributed by atoms with Gasteiger partial charge in [-0.1, -0.05) is 120 Å². The number of hydrogen-bond donors (Lipinski definition) is 4. The summed E-state index contributed by atoms with van der Waals surface area (Å²) in [6.45, 7) is 12.0. The molecule has 32 heavy (non-hydrogen) atoms. The quantitative estimate of drug-likeness (QED) is 0.346. The fraction of sp³-hybridized carbons (Fsp3) is 0.357. The summed E-state index contributed by atoms with van der Waals surface area (Å²) in [4.78, 5) is 0. The second-order valence-electron chi connectivity index (χ2n) is 4.56. The van der Waals surface area contributed by atoms with Gasteiger partial charge in [0, 0.05) is 5.69 Å². The lowest BCUT2D eigenvalue weighted by molar-refractivity contribution is 1.19. The summed E-state index contributed by atoms with van der Waals surface area (Å²) in [7, 11) is 4.50. The number of para-hydroxylation sites is 1. The molecule has 0 aromatic heterocycles. The lowest BCUT2D eigenvalue weighted by Gasteiger charge is -2.00. The lowest BCUT2D eigenvalue weighted by atomic mass is 10.1. The molecule has 0 aliphatic carbocycles. The first-order chi connectivity index (χ1) is 15.8. The zero-order chi connectivity index (χ0) is 26.0. The van der Waals surface area contributed by atoms with Crippen LogP contribution in [0.15, 0.2) is 91.0 Å². The molecule has 0 heterocycles. The zero-order valence-electron chi connectivity index (χ0n) is 22.2. The highest BCUT2D eigenvalue weighted by Gasteiger charge is 1.92. The van der Waals surface area contributed by atoms with Crippen molar-refractivity contribution in [3.63, 3.8) is 0 Å². The van der Waals surface area contributed by atoms with Gasteiger partial charge in [0.1, 0.15) is 0 Å². The maximum absolute atomic E-state index is 5.36. The summed E-state index contributed by atoms with van der Waals surface area (Å²) in [5, 5.41) is 0. The molecule has 0 fully saturated rings. The molecule has 0 bridgehead atoms. The molecule has 3 aromatic rings. The SMILES string of the molecule is CC.CC.CC.CN.CN.CN.Nc1ccccc1.c1ccc(Cc2ccccc2)cc1. The third kappa shape index (κ3) is 29.5. The number of benzene rings is 3. The predicted octanol–water partition coefficient (Wildman–Crippen LogP) is 6.35. The van der Waals surface area contributed by atoms with Gasteiger partial charge in [-0.05, 0) is 50.8 Å². The molecule has 4 heteroatoms. The Morgan fingerprint density at radius 1 is 0.406 bits per heavy atom. The Morgan fingerprint density at radius 3 is 0.812 bits per heavy atom. The minimum Gasteiger partial charge on any atom is -0.399 e. The minimum absolute atomic E-state index is 0.822. The van der Waals surface area contributed by atoms with E-state index in [0.29, 0.717) is 0 Å². The molecular weight excluding hydrogens is 392 g/mol. The Labute approximate surface area is 200 Å². The van der Waals surface area contributed by atoms with E-state index in [1.165, 1.54) is 32.3 Å². The fourth-order valence-electron chi connectivity index (χ4n) is 1.88. The van der Waals surface area contributed by atoms with E-state index >= 15 is 0 Å². The third-order valence-electron chi connectivity index (χ3n) is 2.89. The second-order valence-corrected chi connectivity index (χ2v) is 4.56. The van der Waals surface area contributed by atoms with Gasteiger partial charge in [-0.3, -0.25) is 0 Å². The normalized spacial score (nSPS) is 7.00. The van der Waals surface area contributed by atoms with Crippen molar-refractivity contribution in [1.82, 2.24) is 0 Å². The standard InChI is InChI=1S/C13H12.C6H7N.3C2H6.3CH5N/c1-3-7-12(8-4-1)11-13-9-5-2-6-10-13;7-6-4-2-1-3-5-6;6*1-2/h1-10H,11H2;1-5H,7H2;3*1-2H3;3*2H2,1H3. The fourth-order valence-corrected chi connectivity index (χ4v) is 1.88. The zero-order valence-corrected chi connectivity index (χ0v) is 22.2. The van der Waals surface area contributed by atoms with Crippen LogP contribution < -0.4 is 22.9 Å². The molecule has 8 N–H and O–H groups in total.